The molecule has 1 saturated heterocycles. The highest BCUT2D eigenvalue weighted by atomic mass is 16.5. The van der Waals surface area contributed by atoms with Crippen LogP contribution in [0.4, 0.5) is 0 Å². The lowest BCUT2D eigenvalue weighted by molar-refractivity contribution is -0.134. The summed E-state index contributed by atoms with van der Waals surface area (Å²) < 4.78 is 5.56. The number of carbonyl (C=O) groups is 1. The van der Waals surface area contributed by atoms with E-state index < -0.39 is 5.72 Å². The van der Waals surface area contributed by atoms with Gasteiger partial charge in [-0.2, -0.15) is 0 Å². The molecular formula is C9H13NO2. The van der Waals surface area contributed by atoms with Gasteiger partial charge >= 0.3 is 0 Å². The predicted molar refractivity (Wildman–Crippen MR) is 44.4 cm³/mol. The van der Waals surface area contributed by atoms with Crippen LogP contribution in [0.5, 0.6) is 0 Å². The average molecular weight is 167 g/mol. The summed E-state index contributed by atoms with van der Waals surface area (Å²) in [5, 5.41) is 0. The van der Waals surface area contributed by atoms with Crippen molar-refractivity contribution in [1.82, 2.24) is 4.90 Å². The molecule has 2 aliphatic rings. The highest BCUT2D eigenvalue weighted by Gasteiger charge is 2.47. The summed E-state index contributed by atoms with van der Waals surface area (Å²) in [6.45, 7) is 4.68. The third-order valence-electron chi connectivity index (χ3n) is 2.66. The quantitative estimate of drug-likeness (QED) is 0.581. The van der Waals surface area contributed by atoms with Crippen LogP contribution in [0, 0.1) is 0 Å². The van der Waals surface area contributed by atoms with Crippen molar-refractivity contribution in [3.63, 3.8) is 0 Å². The molecule has 12 heavy (non-hydrogen) atoms. The zero-order chi connectivity index (χ0) is 8.77. The van der Waals surface area contributed by atoms with Crippen molar-refractivity contribution < 1.29 is 9.53 Å². The Hall–Kier alpha value is -0.830. The second kappa shape index (κ2) is 2.33. The van der Waals surface area contributed by atoms with E-state index in [2.05, 4.69) is 6.92 Å². The highest BCUT2D eigenvalue weighted by molar-refractivity contribution is 5.91. The number of hydrogen-bond acceptors (Lipinski definition) is 2. The lowest BCUT2D eigenvalue weighted by atomic mass is 10.2. The first-order chi connectivity index (χ1) is 5.67. The molecule has 0 aromatic rings. The summed E-state index contributed by atoms with van der Waals surface area (Å²) in [4.78, 5) is 13.2. The molecule has 0 saturated carbocycles. The van der Waals surface area contributed by atoms with Crippen LogP contribution in [0.3, 0.4) is 0 Å². The molecule has 1 fully saturated rings. The second-order valence-electron chi connectivity index (χ2n) is 3.47. The van der Waals surface area contributed by atoms with Crippen molar-refractivity contribution in [3.8, 4) is 0 Å². The van der Waals surface area contributed by atoms with E-state index in [4.69, 9.17) is 4.74 Å². The maximum absolute atomic E-state index is 11.4. The molecule has 0 aliphatic carbocycles. The van der Waals surface area contributed by atoms with Gasteiger partial charge in [0.2, 0.25) is 5.91 Å². The molecule has 0 aromatic heterocycles. The molecule has 66 valence electrons. The molecule has 1 amide bonds. The summed E-state index contributed by atoms with van der Waals surface area (Å²) in [5.41, 5.74) is -0.447. The van der Waals surface area contributed by atoms with Gasteiger partial charge < -0.3 is 9.64 Å². The Kier molecular flexibility index (Phi) is 1.51. The molecule has 2 atom stereocenters. The van der Waals surface area contributed by atoms with E-state index in [-0.39, 0.29) is 11.9 Å². The Labute approximate surface area is 72.0 Å². The number of rotatable bonds is 1. The van der Waals surface area contributed by atoms with Crippen LogP contribution in [0.2, 0.25) is 0 Å². The maximum Gasteiger partial charge on any atom is 0.249 e. The summed E-state index contributed by atoms with van der Waals surface area (Å²) in [6.07, 6.45) is 4.40. The first-order valence-corrected chi connectivity index (χ1v) is 4.34. The monoisotopic (exact) mass is 167 g/mol. The van der Waals surface area contributed by atoms with Crippen LogP contribution in [0.1, 0.15) is 20.3 Å². The maximum atomic E-state index is 11.4. The number of fused-ring (bicyclic) bond motifs is 1. The van der Waals surface area contributed by atoms with E-state index in [0.29, 0.717) is 6.61 Å². The van der Waals surface area contributed by atoms with Crippen LogP contribution >= 0.6 is 0 Å². The minimum atomic E-state index is -0.447. The normalized spacial score (nSPS) is 39.3. The van der Waals surface area contributed by atoms with E-state index in [9.17, 15) is 4.79 Å². The summed E-state index contributed by atoms with van der Waals surface area (Å²) in [6, 6.07) is 0.262. The van der Waals surface area contributed by atoms with Gasteiger partial charge in [0.25, 0.3) is 0 Å². The number of hydrogen-bond donors (Lipinski definition) is 0. The molecule has 0 bridgehead atoms. The van der Waals surface area contributed by atoms with E-state index >= 15 is 0 Å². The Bertz CT molecular complexity index is 249. The molecular weight excluding hydrogens is 154 g/mol. The summed E-state index contributed by atoms with van der Waals surface area (Å²) >= 11 is 0. The van der Waals surface area contributed by atoms with Gasteiger partial charge in [-0.1, -0.05) is 6.92 Å². The van der Waals surface area contributed by atoms with E-state index in [1.165, 1.54) is 0 Å². The molecule has 2 aliphatic heterocycles. The average Bonchev–Trinajstić information content (AvgIpc) is 2.51. The Morgan fingerprint density at radius 2 is 2.58 bits per heavy atom. The number of amides is 1. The molecule has 0 unspecified atom stereocenters. The van der Waals surface area contributed by atoms with Gasteiger partial charge in [0, 0.05) is 6.08 Å². The number of carbonyl (C=O) groups excluding carboxylic acids is 1. The number of ether oxygens (including phenoxy) is 1. The lowest BCUT2D eigenvalue weighted by Gasteiger charge is -2.28. The lowest BCUT2D eigenvalue weighted by Crippen LogP contribution is -2.43. The Morgan fingerprint density at radius 3 is 3.25 bits per heavy atom. The zero-order valence-electron chi connectivity index (χ0n) is 7.41. The van der Waals surface area contributed by atoms with Crippen LogP contribution in [0.25, 0.3) is 0 Å². The molecule has 3 heteroatoms. The fraction of sp³-hybridized carbons (Fsp3) is 0.667. The molecule has 2 rings (SSSR count). The SMILES string of the molecule is CC[C@H]1CO[C@]2(C)C=CC(=O)N12. The third kappa shape index (κ3) is 0.829. The minimum absolute atomic E-state index is 0.0850. The van der Waals surface area contributed by atoms with Gasteiger partial charge in [0.15, 0.2) is 5.72 Å². The van der Waals surface area contributed by atoms with Gasteiger partial charge in [0.05, 0.1) is 12.6 Å². The zero-order valence-corrected chi connectivity index (χ0v) is 7.41. The largest absolute Gasteiger partial charge is 0.350 e. The minimum Gasteiger partial charge on any atom is -0.350 e. The Morgan fingerprint density at radius 1 is 1.83 bits per heavy atom. The van der Waals surface area contributed by atoms with Crippen LogP contribution in [-0.4, -0.2) is 29.2 Å². The fourth-order valence-corrected chi connectivity index (χ4v) is 1.91. The van der Waals surface area contributed by atoms with E-state index in [0.717, 1.165) is 6.42 Å². The molecule has 0 radical (unpaired) electrons. The molecule has 3 nitrogen and oxygen atoms in total. The van der Waals surface area contributed by atoms with Gasteiger partial charge in [-0.15, -0.1) is 0 Å². The van der Waals surface area contributed by atoms with Crippen molar-refractivity contribution in [1.29, 1.82) is 0 Å². The van der Waals surface area contributed by atoms with Gasteiger partial charge in [0.1, 0.15) is 0 Å². The van der Waals surface area contributed by atoms with Crippen LogP contribution in [0.15, 0.2) is 12.2 Å². The fourth-order valence-electron chi connectivity index (χ4n) is 1.91. The van der Waals surface area contributed by atoms with Gasteiger partial charge in [-0.3, -0.25) is 4.79 Å². The topological polar surface area (TPSA) is 29.5 Å². The first kappa shape index (κ1) is 7.80. The Balaban J connectivity index is 2.29. The number of nitrogens with zero attached hydrogens (tertiary/aromatic N) is 1. The van der Waals surface area contributed by atoms with E-state index in [1.807, 2.05) is 17.9 Å². The van der Waals surface area contributed by atoms with E-state index in [1.54, 1.807) is 6.08 Å². The molecule has 0 aromatic carbocycles. The predicted octanol–water partition coefficient (Wildman–Crippen LogP) is 0.910. The van der Waals surface area contributed by atoms with Crippen LogP contribution in [-0.2, 0) is 9.53 Å². The standard InChI is InChI=1S/C9H13NO2/c1-3-7-6-12-9(2)5-4-8(11)10(7)9/h4-5,7H,3,6H2,1-2H3/t7-,9+/m0/s1. The van der Waals surface area contributed by atoms with Crippen molar-refractivity contribution >= 4 is 5.91 Å². The van der Waals surface area contributed by atoms with Crippen LogP contribution < -0.4 is 0 Å². The van der Waals surface area contributed by atoms with Crippen molar-refractivity contribution in [2.24, 2.45) is 0 Å². The van der Waals surface area contributed by atoms with Gasteiger partial charge in [-0.25, -0.2) is 0 Å². The van der Waals surface area contributed by atoms with Crippen molar-refractivity contribution in [2.45, 2.75) is 32.0 Å². The smallest absolute Gasteiger partial charge is 0.249 e. The van der Waals surface area contributed by atoms with Crippen molar-refractivity contribution in [2.75, 3.05) is 6.61 Å². The van der Waals surface area contributed by atoms with Gasteiger partial charge in [-0.05, 0) is 19.4 Å². The third-order valence-corrected chi connectivity index (χ3v) is 2.66. The van der Waals surface area contributed by atoms with Crippen molar-refractivity contribution in [3.05, 3.63) is 12.2 Å². The highest BCUT2D eigenvalue weighted by Crippen LogP contribution is 2.34. The molecule has 2 heterocycles. The molecule has 0 spiro atoms. The second-order valence-corrected chi connectivity index (χ2v) is 3.47. The first-order valence-electron chi connectivity index (χ1n) is 4.34. The molecule has 0 N–H and O–H groups in total. The summed E-state index contributed by atoms with van der Waals surface area (Å²) in [7, 11) is 0. The summed E-state index contributed by atoms with van der Waals surface area (Å²) in [5.74, 6) is 0.0850.